The number of hydrogen-bond acceptors (Lipinski definition) is 2. The molecule has 23 heavy (non-hydrogen) atoms. The molecule has 0 saturated heterocycles. The third-order valence-electron chi connectivity index (χ3n) is 3.28. The summed E-state index contributed by atoms with van der Waals surface area (Å²) in [6.45, 7) is 5.35. The molecule has 0 aliphatic rings. The first-order valence-electron chi connectivity index (χ1n) is 7.13. The molecule has 0 unspecified atom stereocenters. The maximum absolute atomic E-state index is 6.34. The lowest BCUT2D eigenvalue weighted by molar-refractivity contribution is 0.208. The van der Waals surface area contributed by atoms with Crippen molar-refractivity contribution in [1.29, 1.82) is 0 Å². The van der Waals surface area contributed by atoms with Crippen LogP contribution < -0.4 is 10.4 Å². The zero-order valence-electron chi connectivity index (χ0n) is 12.7. The van der Waals surface area contributed by atoms with E-state index >= 15 is 0 Å². The molecule has 0 radical (unpaired) electrons. The molecule has 2 aromatic rings. The zero-order valence-corrected chi connectivity index (χ0v) is 22.3. The Balaban J connectivity index is 2.68. The maximum Gasteiger partial charge on any atom is 0.407 e. The van der Waals surface area contributed by atoms with Crippen molar-refractivity contribution in [2.45, 2.75) is 13.8 Å². The fourth-order valence-corrected chi connectivity index (χ4v) is 8.56. The smallest absolute Gasteiger partial charge is 0.388 e. The maximum atomic E-state index is 6.34. The van der Waals surface area contributed by atoms with Crippen molar-refractivity contribution < 1.29 is 8.85 Å². The fraction of sp³-hybridized carbons (Fsp3) is 0.250. The van der Waals surface area contributed by atoms with Crippen LogP contribution >= 0.6 is 90.4 Å². The molecule has 0 amide bonds. The lowest BCUT2D eigenvalue weighted by Gasteiger charge is -2.31. The van der Waals surface area contributed by atoms with Crippen LogP contribution in [0.15, 0.2) is 36.4 Å². The summed E-state index contributed by atoms with van der Waals surface area (Å²) in [6.07, 6.45) is 0. The second-order valence-corrected chi connectivity index (χ2v) is 12.4. The van der Waals surface area contributed by atoms with Gasteiger partial charge in [-0.3, -0.25) is 0 Å². The van der Waals surface area contributed by atoms with E-state index in [0.29, 0.717) is 13.2 Å². The molecule has 7 heteroatoms. The Morgan fingerprint density at radius 2 is 1.26 bits per heavy atom. The number of rotatable bonds is 6. The van der Waals surface area contributed by atoms with Crippen molar-refractivity contribution in [3.05, 3.63) is 50.7 Å². The Hall–Kier alpha value is 1.50. The highest BCUT2D eigenvalue weighted by molar-refractivity contribution is 14.1. The van der Waals surface area contributed by atoms with Crippen molar-refractivity contribution >= 4 is 109 Å². The minimum Gasteiger partial charge on any atom is -0.388 e. The van der Waals surface area contributed by atoms with Crippen LogP contribution in [0.2, 0.25) is 0 Å². The van der Waals surface area contributed by atoms with Gasteiger partial charge in [-0.15, -0.1) is 0 Å². The van der Waals surface area contributed by atoms with Crippen LogP contribution in [-0.2, 0) is 8.85 Å². The normalized spacial score (nSPS) is 11.7. The van der Waals surface area contributed by atoms with E-state index in [2.05, 4.69) is 127 Å². The van der Waals surface area contributed by atoms with Gasteiger partial charge < -0.3 is 8.85 Å². The van der Waals surface area contributed by atoms with Gasteiger partial charge in [-0.2, -0.15) is 0 Å². The first-order valence-corrected chi connectivity index (χ1v) is 13.3. The third-order valence-corrected chi connectivity index (χ3v) is 12.5. The zero-order chi connectivity index (χ0) is 17.0. The molecular formula is C16H16I4O2Si. The van der Waals surface area contributed by atoms with Gasteiger partial charge in [0.2, 0.25) is 0 Å². The molecule has 0 aromatic heterocycles. The van der Waals surface area contributed by atoms with Crippen molar-refractivity contribution in [2.75, 3.05) is 13.2 Å². The second-order valence-electron chi connectivity index (χ2n) is 4.74. The fourth-order valence-electron chi connectivity index (χ4n) is 2.36. The summed E-state index contributed by atoms with van der Waals surface area (Å²) in [7, 11) is -2.67. The van der Waals surface area contributed by atoms with Crippen LogP contribution in [0.1, 0.15) is 13.8 Å². The van der Waals surface area contributed by atoms with E-state index in [9.17, 15) is 0 Å². The van der Waals surface area contributed by atoms with Gasteiger partial charge in [0.1, 0.15) is 0 Å². The van der Waals surface area contributed by atoms with Crippen LogP contribution in [-0.4, -0.2) is 21.8 Å². The lowest BCUT2D eigenvalue weighted by Crippen LogP contribution is -2.63. The summed E-state index contributed by atoms with van der Waals surface area (Å²) in [5.74, 6) is 0. The molecule has 2 nitrogen and oxygen atoms in total. The minimum absolute atomic E-state index is 0.636. The molecule has 124 valence electrons. The predicted molar refractivity (Wildman–Crippen MR) is 132 cm³/mol. The van der Waals surface area contributed by atoms with E-state index < -0.39 is 8.56 Å². The highest BCUT2D eigenvalue weighted by Crippen LogP contribution is 2.22. The standard InChI is InChI=1S/C16H16I4O2Si/c1-3-21-23(22-4-2,12-7-5-11(17)6-8-12)13-9-14(18)16(20)15(19)10-13/h5-10H,3-4H2,1-2H3. The average Bonchev–Trinajstić information content (AvgIpc) is 2.52. The molecule has 0 aliphatic heterocycles. The SMILES string of the molecule is CCO[Si](OCC)(c1ccc(I)cc1)c1cc(I)c(I)c(I)c1. The average molecular weight is 776 g/mol. The topological polar surface area (TPSA) is 18.5 Å². The van der Waals surface area contributed by atoms with Gasteiger partial charge in [0, 0.05) is 32.7 Å². The second kappa shape index (κ2) is 9.44. The summed E-state index contributed by atoms with van der Waals surface area (Å²) < 4.78 is 17.7. The van der Waals surface area contributed by atoms with Crippen LogP contribution in [0.3, 0.4) is 0 Å². The largest absolute Gasteiger partial charge is 0.407 e. The van der Waals surface area contributed by atoms with Crippen molar-refractivity contribution in [3.8, 4) is 0 Å². The van der Waals surface area contributed by atoms with Gasteiger partial charge in [0.25, 0.3) is 0 Å². The molecule has 0 heterocycles. The highest BCUT2D eigenvalue weighted by atomic mass is 127. The Morgan fingerprint density at radius 3 is 1.70 bits per heavy atom. The molecule has 0 saturated carbocycles. The molecule has 0 aliphatic carbocycles. The summed E-state index contributed by atoms with van der Waals surface area (Å²) in [5.41, 5.74) is 0. The predicted octanol–water partition coefficient (Wildman–Crippen LogP) is 4.73. The number of halogens is 4. The molecule has 2 aromatic carbocycles. The van der Waals surface area contributed by atoms with Gasteiger partial charge in [-0.1, -0.05) is 12.1 Å². The lowest BCUT2D eigenvalue weighted by atomic mass is 10.4. The molecule has 2 rings (SSSR count). The Morgan fingerprint density at radius 1 is 0.783 bits per heavy atom. The number of hydrogen-bond donors (Lipinski definition) is 0. The van der Waals surface area contributed by atoms with E-state index in [1.807, 2.05) is 13.8 Å². The van der Waals surface area contributed by atoms with Crippen LogP contribution in [0.5, 0.6) is 0 Å². The molecule has 0 fully saturated rings. The van der Waals surface area contributed by atoms with Crippen LogP contribution in [0.25, 0.3) is 0 Å². The molecule has 0 atom stereocenters. The summed E-state index contributed by atoms with van der Waals surface area (Å²) in [5, 5.41) is 2.34. The summed E-state index contributed by atoms with van der Waals surface area (Å²) in [6, 6.07) is 13.0. The van der Waals surface area contributed by atoms with Crippen LogP contribution in [0, 0.1) is 14.3 Å². The molecular weight excluding hydrogens is 760 g/mol. The van der Waals surface area contributed by atoms with Crippen molar-refractivity contribution in [2.24, 2.45) is 0 Å². The monoisotopic (exact) mass is 776 g/mol. The first kappa shape index (κ1) is 20.8. The first-order chi connectivity index (χ1) is 10.9. The third kappa shape index (κ3) is 4.81. The Labute approximate surface area is 193 Å². The molecule has 0 N–H and O–H groups in total. The van der Waals surface area contributed by atoms with Gasteiger partial charge in [-0.05, 0) is 134 Å². The van der Waals surface area contributed by atoms with E-state index in [-0.39, 0.29) is 0 Å². The van der Waals surface area contributed by atoms with E-state index in [1.165, 1.54) is 19.5 Å². The summed E-state index contributed by atoms with van der Waals surface area (Å²) >= 11 is 9.51. The molecule has 0 spiro atoms. The van der Waals surface area contributed by atoms with E-state index in [0.717, 1.165) is 5.19 Å². The van der Waals surface area contributed by atoms with Gasteiger partial charge in [0.15, 0.2) is 0 Å². The molecule has 0 bridgehead atoms. The van der Waals surface area contributed by atoms with Crippen molar-refractivity contribution in [1.82, 2.24) is 0 Å². The quantitative estimate of drug-likeness (QED) is 0.240. The van der Waals surface area contributed by atoms with Gasteiger partial charge in [-0.25, -0.2) is 0 Å². The van der Waals surface area contributed by atoms with Crippen molar-refractivity contribution in [3.63, 3.8) is 0 Å². The van der Waals surface area contributed by atoms with Gasteiger partial charge >= 0.3 is 8.56 Å². The van der Waals surface area contributed by atoms with E-state index in [1.54, 1.807) is 0 Å². The number of benzene rings is 2. The summed E-state index contributed by atoms with van der Waals surface area (Å²) in [4.78, 5) is 0. The Bertz CT molecular complexity index is 647. The minimum atomic E-state index is -2.67. The van der Waals surface area contributed by atoms with Crippen LogP contribution in [0.4, 0.5) is 0 Å². The van der Waals surface area contributed by atoms with E-state index in [4.69, 9.17) is 8.85 Å². The van der Waals surface area contributed by atoms with Gasteiger partial charge in [0.05, 0.1) is 0 Å². The highest BCUT2D eigenvalue weighted by Gasteiger charge is 2.42. The Kier molecular flexibility index (Phi) is 8.54.